The number of benzene rings is 1. The highest BCUT2D eigenvalue weighted by Gasteiger charge is 2.12. The van der Waals surface area contributed by atoms with Gasteiger partial charge in [0, 0.05) is 28.8 Å². The van der Waals surface area contributed by atoms with E-state index in [4.69, 9.17) is 11.6 Å². The van der Waals surface area contributed by atoms with Crippen LogP contribution in [0.3, 0.4) is 0 Å². The highest BCUT2D eigenvalue weighted by Crippen LogP contribution is 2.26. The number of hydrogen-bond donors (Lipinski definition) is 1. The van der Waals surface area contributed by atoms with E-state index in [0.717, 1.165) is 28.9 Å². The normalized spacial score (nSPS) is 12.6. The SMILES string of the molecule is CCNC(CCc1cnn(C)c1)c1cc(Cl)cc(Br)c1. The summed E-state index contributed by atoms with van der Waals surface area (Å²) >= 11 is 9.65. The van der Waals surface area contributed by atoms with Crippen LogP contribution in [0.1, 0.15) is 30.5 Å². The Labute approximate surface area is 133 Å². The van der Waals surface area contributed by atoms with Gasteiger partial charge in [-0.1, -0.05) is 34.5 Å². The van der Waals surface area contributed by atoms with Crippen LogP contribution in [0.5, 0.6) is 0 Å². The minimum Gasteiger partial charge on any atom is -0.310 e. The fourth-order valence-corrected chi connectivity index (χ4v) is 3.21. The fraction of sp³-hybridized carbons (Fsp3) is 0.400. The molecule has 5 heteroatoms. The standard InChI is InChI=1S/C15H19BrClN3/c1-3-18-15(5-4-11-9-19-20(2)10-11)12-6-13(16)8-14(17)7-12/h6-10,15,18H,3-5H2,1-2H3. The van der Waals surface area contributed by atoms with Gasteiger partial charge in [-0.05, 0) is 48.7 Å². The van der Waals surface area contributed by atoms with Crippen molar-refractivity contribution >= 4 is 27.5 Å². The molecule has 0 saturated heterocycles. The fourth-order valence-electron chi connectivity index (χ4n) is 2.32. The van der Waals surface area contributed by atoms with Gasteiger partial charge in [-0.25, -0.2) is 0 Å². The van der Waals surface area contributed by atoms with Crippen molar-refractivity contribution in [3.63, 3.8) is 0 Å². The van der Waals surface area contributed by atoms with E-state index in [1.165, 1.54) is 11.1 Å². The molecule has 2 rings (SSSR count). The summed E-state index contributed by atoms with van der Waals surface area (Å²) in [5.41, 5.74) is 2.48. The first-order valence-electron chi connectivity index (χ1n) is 6.75. The lowest BCUT2D eigenvalue weighted by Crippen LogP contribution is -2.21. The van der Waals surface area contributed by atoms with Gasteiger partial charge in [-0.15, -0.1) is 0 Å². The number of nitrogens with one attached hydrogen (secondary N) is 1. The number of nitrogens with zero attached hydrogens (tertiary/aromatic N) is 2. The highest BCUT2D eigenvalue weighted by molar-refractivity contribution is 9.10. The maximum atomic E-state index is 6.14. The number of halogens is 2. The summed E-state index contributed by atoms with van der Waals surface area (Å²) in [6.45, 7) is 3.05. The van der Waals surface area contributed by atoms with Crippen molar-refractivity contribution in [2.45, 2.75) is 25.8 Å². The van der Waals surface area contributed by atoms with E-state index in [-0.39, 0.29) is 0 Å². The molecule has 1 aromatic heterocycles. The van der Waals surface area contributed by atoms with Crippen molar-refractivity contribution in [3.8, 4) is 0 Å². The molecule has 0 aliphatic rings. The summed E-state index contributed by atoms with van der Waals surface area (Å²) in [4.78, 5) is 0. The number of aryl methyl sites for hydroxylation is 2. The zero-order valence-electron chi connectivity index (χ0n) is 11.7. The van der Waals surface area contributed by atoms with E-state index < -0.39 is 0 Å². The zero-order valence-corrected chi connectivity index (χ0v) is 14.1. The molecule has 1 aromatic carbocycles. The molecule has 20 heavy (non-hydrogen) atoms. The lowest BCUT2D eigenvalue weighted by Gasteiger charge is -2.18. The number of rotatable bonds is 6. The second-order valence-corrected chi connectivity index (χ2v) is 6.23. The maximum absolute atomic E-state index is 6.14. The summed E-state index contributed by atoms with van der Waals surface area (Å²) in [6, 6.07) is 6.37. The quantitative estimate of drug-likeness (QED) is 0.844. The Hall–Kier alpha value is -0.840. The Balaban J connectivity index is 2.09. The van der Waals surface area contributed by atoms with Gasteiger partial charge >= 0.3 is 0 Å². The molecule has 1 N–H and O–H groups in total. The van der Waals surface area contributed by atoms with Crippen LogP contribution in [-0.4, -0.2) is 16.3 Å². The number of aromatic nitrogens is 2. The molecule has 0 radical (unpaired) electrons. The minimum atomic E-state index is 0.301. The Morgan fingerprint density at radius 1 is 1.40 bits per heavy atom. The molecule has 0 aliphatic heterocycles. The highest BCUT2D eigenvalue weighted by atomic mass is 79.9. The molecule has 0 aliphatic carbocycles. The molecule has 0 spiro atoms. The first kappa shape index (κ1) is 15.5. The van der Waals surface area contributed by atoms with Crippen LogP contribution >= 0.6 is 27.5 Å². The maximum Gasteiger partial charge on any atom is 0.0521 e. The van der Waals surface area contributed by atoms with Crippen molar-refractivity contribution in [3.05, 3.63) is 51.2 Å². The second kappa shape index (κ2) is 7.25. The van der Waals surface area contributed by atoms with Crippen LogP contribution in [-0.2, 0) is 13.5 Å². The minimum absolute atomic E-state index is 0.301. The van der Waals surface area contributed by atoms with Gasteiger partial charge in [-0.3, -0.25) is 4.68 Å². The molecule has 1 unspecified atom stereocenters. The van der Waals surface area contributed by atoms with E-state index in [9.17, 15) is 0 Å². The van der Waals surface area contributed by atoms with Crippen molar-refractivity contribution in [1.29, 1.82) is 0 Å². The molecular weight excluding hydrogens is 338 g/mol. The topological polar surface area (TPSA) is 29.9 Å². The third-order valence-electron chi connectivity index (χ3n) is 3.22. The van der Waals surface area contributed by atoms with Crippen LogP contribution in [0.15, 0.2) is 35.1 Å². The average molecular weight is 357 g/mol. The van der Waals surface area contributed by atoms with Crippen LogP contribution in [0.2, 0.25) is 5.02 Å². The molecule has 0 amide bonds. The van der Waals surface area contributed by atoms with Crippen molar-refractivity contribution in [2.75, 3.05) is 6.54 Å². The molecule has 0 saturated carbocycles. The van der Waals surface area contributed by atoms with Crippen LogP contribution in [0, 0.1) is 0 Å². The third kappa shape index (κ3) is 4.33. The average Bonchev–Trinajstić information content (AvgIpc) is 2.79. The van der Waals surface area contributed by atoms with Gasteiger partial charge in [-0.2, -0.15) is 5.10 Å². The summed E-state index contributed by atoms with van der Waals surface area (Å²) in [6.07, 6.45) is 6.01. The van der Waals surface area contributed by atoms with E-state index in [1.54, 1.807) is 0 Å². The lowest BCUT2D eigenvalue weighted by atomic mass is 10.00. The molecule has 1 atom stereocenters. The van der Waals surface area contributed by atoms with E-state index in [2.05, 4.69) is 45.5 Å². The Morgan fingerprint density at radius 2 is 2.20 bits per heavy atom. The van der Waals surface area contributed by atoms with Gasteiger partial charge in [0.25, 0.3) is 0 Å². The third-order valence-corrected chi connectivity index (χ3v) is 3.89. The van der Waals surface area contributed by atoms with Crippen LogP contribution < -0.4 is 5.32 Å². The van der Waals surface area contributed by atoms with E-state index in [0.29, 0.717) is 6.04 Å². The zero-order chi connectivity index (χ0) is 14.5. The van der Waals surface area contributed by atoms with E-state index in [1.807, 2.05) is 30.1 Å². The largest absolute Gasteiger partial charge is 0.310 e. The first-order valence-corrected chi connectivity index (χ1v) is 7.92. The van der Waals surface area contributed by atoms with Gasteiger partial charge in [0.15, 0.2) is 0 Å². The van der Waals surface area contributed by atoms with Gasteiger partial charge < -0.3 is 5.32 Å². The molecular formula is C15H19BrClN3. The molecule has 0 bridgehead atoms. The summed E-state index contributed by atoms with van der Waals surface area (Å²) in [7, 11) is 1.94. The Morgan fingerprint density at radius 3 is 2.80 bits per heavy atom. The van der Waals surface area contributed by atoms with Crippen LogP contribution in [0.25, 0.3) is 0 Å². The summed E-state index contributed by atoms with van der Waals surface area (Å²) in [5.74, 6) is 0. The summed E-state index contributed by atoms with van der Waals surface area (Å²) < 4.78 is 2.86. The monoisotopic (exact) mass is 355 g/mol. The first-order chi connectivity index (χ1) is 9.58. The second-order valence-electron chi connectivity index (χ2n) is 4.87. The molecule has 1 heterocycles. The predicted octanol–water partition coefficient (Wildman–Crippen LogP) is 4.12. The molecule has 2 aromatic rings. The lowest BCUT2D eigenvalue weighted by molar-refractivity contribution is 0.515. The van der Waals surface area contributed by atoms with Crippen molar-refractivity contribution in [2.24, 2.45) is 7.05 Å². The van der Waals surface area contributed by atoms with Gasteiger partial charge in [0.05, 0.1) is 6.20 Å². The molecule has 0 fully saturated rings. The molecule has 3 nitrogen and oxygen atoms in total. The van der Waals surface area contributed by atoms with Gasteiger partial charge in [0.1, 0.15) is 0 Å². The molecule has 108 valence electrons. The van der Waals surface area contributed by atoms with E-state index >= 15 is 0 Å². The van der Waals surface area contributed by atoms with Crippen LogP contribution in [0.4, 0.5) is 0 Å². The number of hydrogen-bond acceptors (Lipinski definition) is 2. The Kier molecular flexibility index (Phi) is 5.64. The predicted molar refractivity (Wildman–Crippen MR) is 87.1 cm³/mol. The smallest absolute Gasteiger partial charge is 0.0521 e. The van der Waals surface area contributed by atoms with Gasteiger partial charge in [0.2, 0.25) is 0 Å². The van der Waals surface area contributed by atoms with Crippen molar-refractivity contribution < 1.29 is 0 Å². The Bertz CT molecular complexity index is 548. The van der Waals surface area contributed by atoms with Crippen molar-refractivity contribution in [1.82, 2.24) is 15.1 Å². The summed E-state index contributed by atoms with van der Waals surface area (Å²) in [5, 5.41) is 8.50.